The molecule has 0 unspecified atom stereocenters. The van der Waals surface area contributed by atoms with Gasteiger partial charge in [0.15, 0.2) is 0 Å². The number of hydrogen-bond acceptors (Lipinski definition) is 1. The lowest BCUT2D eigenvalue weighted by Gasteiger charge is -2.39. The van der Waals surface area contributed by atoms with Gasteiger partial charge in [-0.3, -0.25) is 4.90 Å². The zero-order valence-corrected chi connectivity index (χ0v) is 12.1. The van der Waals surface area contributed by atoms with Crippen LogP contribution < -0.4 is 0 Å². The van der Waals surface area contributed by atoms with Crippen molar-refractivity contribution in [1.82, 2.24) is 4.90 Å². The fourth-order valence-corrected chi connectivity index (χ4v) is 3.23. The van der Waals surface area contributed by atoms with E-state index in [0.717, 1.165) is 11.6 Å². The molecule has 1 heterocycles. The molecule has 2 heteroatoms. The summed E-state index contributed by atoms with van der Waals surface area (Å²) in [5.74, 6) is 0.397. The Labute approximate surface area is 119 Å². The third-order valence-corrected chi connectivity index (χ3v) is 4.43. The van der Waals surface area contributed by atoms with Gasteiger partial charge in [-0.2, -0.15) is 0 Å². The molecule has 2 aromatic carbocycles. The van der Waals surface area contributed by atoms with Crippen LogP contribution in [0.3, 0.4) is 0 Å². The monoisotopic (exact) mass is 271 g/mol. The highest BCUT2D eigenvalue weighted by atomic mass is 35.5. The zero-order chi connectivity index (χ0) is 13.4. The molecule has 1 nitrogen and oxygen atoms in total. The van der Waals surface area contributed by atoms with Crippen molar-refractivity contribution in [3.8, 4) is 0 Å². The van der Waals surface area contributed by atoms with Gasteiger partial charge >= 0.3 is 0 Å². The summed E-state index contributed by atoms with van der Waals surface area (Å²) in [5, 5.41) is 0.830. The average molecular weight is 272 g/mol. The van der Waals surface area contributed by atoms with Gasteiger partial charge in [-0.1, -0.05) is 48.0 Å². The van der Waals surface area contributed by atoms with Gasteiger partial charge in [0.25, 0.3) is 0 Å². The SMILES string of the molecule is C[C@H]1[C@H](c2ccccc2)c2cc(Cl)ccc2CN1C. The molecule has 0 radical (unpaired) electrons. The first-order chi connectivity index (χ1) is 9.16. The molecule has 0 bridgehead atoms. The van der Waals surface area contributed by atoms with Crippen LogP contribution in [0.5, 0.6) is 0 Å². The predicted molar refractivity (Wildman–Crippen MR) is 80.7 cm³/mol. The lowest BCUT2D eigenvalue weighted by Crippen LogP contribution is -2.39. The van der Waals surface area contributed by atoms with Crippen LogP contribution in [0.4, 0.5) is 0 Å². The van der Waals surface area contributed by atoms with Crippen molar-refractivity contribution in [2.45, 2.75) is 25.4 Å². The average Bonchev–Trinajstić information content (AvgIpc) is 2.42. The van der Waals surface area contributed by atoms with Crippen molar-refractivity contribution in [2.24, 2.45) is 0 Å². The Kier molecular flexibility index (Phi) is 3.34. The Morgan fingerprint density at radius 2 is 1.84 bits per heavy atom. The lowest BCUT2D eigenvalue weighted by atomic mass is 9.80. The summed E-state index contributed by atoms with van der Waals surface area (Å²) in [4.78, 5) is 2.41. The van der Waals surface area contributed by atoms with E-state index in [0.29, 0.717) is 12.0 Å². The second kappa shape index (κ2) is 4.99. The van der Waals surface area contributed by atoms with Gasteiger partial charge in [-0.25, -0.2) is 0 Å². The summed E-state index contributed by atoms with van der Waals surface area (Å²) >= 11 is 6.20. The Hall–Kier alpha value is -1.31. The molecule has 0 aliphatic carbocycles. The van der Waals surface area contributed by atoms with Crippen molar-refractivity contribution in [3.05, 3.63) is 70.2 Å². The van der Waals surface area contributed by atoms with E-state index in [-0.39, 0.29) is 0 Å². The van der Waals surface area contributed by atoms with Crippen LogP contribution in [-0.4, -0.2) is 18.0 Å². The Morgan fingerprint density at radius 1 is 1.11 bits per heavy atom. The highest BCUT2D eigenvalue weighted by Gasteiger charge is 2.31. The molecule has 0 amide bonds. The summed E-state index contributed by atoms with van der Waals surface area (Å²) in [6.45, 7) is 3.29. The first kappa shape index (κ1) is 12.7. The number of likely N-dealkylation sites (N-methyl/N-ethyl adjacent to an activating group) is 1. The van der Waals surface area contributed by atoms with Gasteiger partial charge in [-0.05, 0) is 42.8 Å². The number of rotatable bonds is 1. The van der Waals surface area contributed by atoms with Crippen molar-refractivity contribution >= 4 is 11.6 Å². The van der Waals surface area contributed by atoms with Crippen molar-refractivity contribution in [2.75, 3.05) is 7.05 Å². The molecule has 0 aromatic heterocycles. The minimum absolute atomic E-state index is 0.397. The maximum absolute atomic E-state index is 6.20. The van der Waals surface area contributed by atoms with E-state index in [2.05, 4.69) is 61.3 Å². The molecule has 1 aliphatic rings. The van der Waals surface area contributed by atoms with E-state index < -0.39 is 0 Å². The van der Waals surface area contributed by atoms with E-state index in [9.17, 15) is 0 Å². The number of benzene rings is 2. The Bertz CT molecular complexity index is 579. The highest BCUT2D eigenvalue weighted by Crippen LogP contribution is 2.38. The van der Waals surface area contributed by atoms with Crippen molar-refractivity contribution < 1.29 is 0 Å². The molecule has 0 N–H and O–H groups in total. The summed E-state index contributed by atoms with van der Waals surface area (Å²) in [6.07, 6.45) is 0. The summed E-state index contributed by atoms with van der Waals surface area (Å²) < 4.78 is 0. The fraction of sp³-hybridized carbons (Fsp3) is 0.294. The quantitative estimate of drug-likeness (QED) is 0.747. The Morgan fingerprint density at radius 3 is 2.58 bits per heavy atom. The number of halogens is 1. The van der Waals surface area contributed by atoms with Crippen molar-refractivity contribution in [1.29, 1.82) is 0 Å². The van der Waals surface area contributed by atoms with Crippen LogP contribution in [0.25, 0.3) is 0 Å². The standard InChI is InChI=1S/C17H18ClN/c1-12-17(13-6-4-3-5-7-13)16-10-15(18)9-8-14(16)11-19(12)2/h3-10,12,17H,11H2,1-2H3/t12-,17+/m0/s1. The molecule has 0 fully saturated rings. The van der Waals surface area contributed by atoms with Crippen LogP contribution in [0.2, 0.25) is 5.02 Å². The molecule has 19 heavy (non-hydrogen) atoms. The minimum atomic E-state index is 0.397. The third-order valence-electron chi connectivity index (χ3n) is 4.20. The molecule has 98 valence electrons. The number of fused-ring (bicyclic) bond motifs is 1. The second-order valence-electron chi connectivity index (χ2n) is 5.39. The second-order valence-corrected chi connectivity index (χ2v) is 5.82. The normalized spacial score (nSPS) is 23.1. The fourth-order valence-electron chi connectivity index (χ4n) is 3.04. The molecule has 2 aromatic rings. The van der Waals surface area contributed by atoms with E-state index in [1.807, 2.05) is 6.07 Å². The van der Waals surface area contributed by atoms with Crippen LogP contribution >= 0.6 is 11.6 Å². The molecular weight excluding hydrogens is 254 g/mol. The number of hydrogen-bond donors (Lipinski definition) is 0. The van der Waals surface area contributed by atoms with Crippen molar-refractivity contribution in [3.63, 3.8) is 0 Å². The lowest BCUT2D eigenvalue weighted by molar-refractivity contribution is 0.212. The smallest absolute Gasteiger partial charge is 0.0409 e. The van der Waals surface area contributed by atoms with Crippen LogP contribution in [0.1, 0.15) is 29.5 Å². The third kappa shape index (κ3) is 2.29. The molecule has 0 saturated carbocycles. The van der Waals surface area contributed by atoms with Gasteiger partial charge in [0.1, 0.15) is 0 Å². The topological polar surface area (TPSA) is 3.24 Å². The van der Waals surface area contributed by atoms with Gasteiger partial charge in [0.2, 0.25) is 0 Å². The summed E-state index contributed by atoms with van der Waals surface area (Å²) in [7, 11) is 2.19. The highest BCUT2D eigenvalue weighted by molar-refractivity contribution is 6.30. The maximum Gasteiger partial charge on any atom is 0.0409 e. The minimum Gasteiger partial charge on any atom is -0.298 e. The summed E-state index contributed by atoms with van der Waals surface area (Å²) in [5.41, 5.74) is 4.13. The van der Waals surface area contributed by atoms with Gasteiger partial charge in [-0.15, -0.1) is 0 Å². The zero-order valence-electron chi connectivity index (χ0n) is 11.3. The molecule has 0 spiro atoms. The van der Waals surface area contributed by atoms with E-state index in [4.69, 9.17) is 11.6 Å². The molecule has 2 atom stereocenters. The van der Waals surface area contributed by atoms with E-state index in [1.165, 1.54) is 16.7 Å². The Balaban J connectivity index is 2.15. The predicted octanol–water partition coefficient (Wildman–Crippen LogP) is 4.31. The van der Waals surface area contributed by atoms with Gasteiger partial charge in [0.05, 0.1) is 0 Å². The largest absolute Gasteiger partial charge is 0.298 e. The van der Waals surface area contributed by atoms with Crippen LogP contribution in [-0.2, 0) is 6.54 Å². The van der Waals surface area contributed by atoms with Gasteiger partial charge in [0, 0.05) is 23.5 Å². The molecule has 3 rings (SSSR count). The maximum atomic E-state index is 6.20. The molecule has 1 aliphatic heterocycles. The van der Waals surface area contributed by atoms with E-state index >= 15 is 0 Å². The van der Waals surface area contributed by atoms with E-state index in [1.54, 1.807) is 0 Å². The first-order valence-corrected chi connectivity index (χ1v) is 7.08. The molecule has 0 saturated heterocycles. The summed E-state index contributed by atoms with van der Waals surface area (Å²) in [6, 6.07) is 17.5. The number of nitrogens with zero attached hydrogens (tertiary/aromatic N) is 1. The van der Waals surface area contributed by atoms with Crippen LogP contribution in [0, 0.1) is 0 Å². The van der Waals surface area contributed by atoms with Gasteiger partial charge < -0.3 is 0 Å². The molecular formula is C17H18ClN. The van der Waals surface area contributed by atoms with Crippen LogP contribution in [0.15, 0.2) is 48.5 Å². The first-order valence-electron chi connectivity index (χ1n) is 6.70.